The van der Waals surface area contributed by atoms with Crippen molar-refractivity contribution in [3.63, 3.8) is 0 Å². The average molecular weight is 572 g/mol. The monoisotopic (exact) mass is 571 g/mol. The van der Waals surface area contributed by atoms with Gasteiger partial charge in [0.05, 0.1) is 24.9 Å². The third-order valence-corrected chi connectivity index (χ3v) is 6.82. The predicted octanol–water partition coefficient (Wildman–Crippen LogP) is 4.71. The Kier molecular flexibility index (Phi) is 11.7. The summed E-state index contributed by atoms with van der Waals surface area (Å²) in [5, 5.41) is 3.47. The third-order valence-electron chi connectivity index (χ3n) is 6.82. The summed E-state index contributed by atoms with van der Waals surface area (Å²) in [5.74, 6) is 1.04. The standard InChI is InChI=1S/C26H41N3O3.HI/c1-2-27-26(29-16-13-22(14-17-29)32-20-23-10-6-18-30-23)28-15-7-19-31-25-12-5-9-21-8-3-4-11-24(21)25;/h3-4,8,11,22-23,25H,2,5-7,9-10,12-20H2,1H3,(H,27,28);1H. The number of ether oxygens (including phenoxy) is 3. The largest absolute Gasteiger partial charge is 0.376 e. The van der Waals surface area contributed by atoms with Gasteiger partial charge >= 0.3 is 0 Å². The summed E-state index contributed by atoms with van der Waals surface area (Å²) in [6, 6.07) is 8.74. The average Bonchev–Trinajstić information content (AvgIpc) is 3.36. The molecule has 0 spiro atoms. The van der Waals surface area contributed by atoms with Gasteiger partial charge < -0.3 is 24.4 Å². The molecule has 2 heterocycles. The van der Waals surface area contributed by atoms with Crippen LogP contribution in [0.5, 0.6) is 0 Å². The van der Waals surface area contributed by atoms with E-state index in [2.05, 4.69) is 41.4 Å². The summed E-state index contributed by atoms with van der Waals surface area (Å²) in [7, 11) is 0. The normalized spacial score (nSPS) is 23.8. The van der Waals surface area contributed by atoms with E-state index in [4.69, 9.17) is 19.2 Å². The first-order chi connectivity index (χ1) is 15.8. The number of nitrogens with one attached hydrogen (secondary N) is 1. The molecule has 186 valence electrons. The minimum Gasteiger partial charge on any atom is -0.376 e. The summed E-state index contributed by atoms with van der Waals surface area (Å²) in [4.78, 5) is 7.27. The Morgan fingerprint density at radius 1 is 1.12 bits per heavy atom. The van der Waals surface area contributed by atoms with Crippen molar-refractivity contribution in [1.29, 1.82) is 0 Å². The van der Waals surface area contributed by atoms with Crippen molar-refractivity contribution in [2.45, 2.75) is 76.6 Å². The quantitative estimate of drug-likeness (QED) is 0.201. The summed E-state index contributed by atoms with van der Waals surface area (Å²) in [5.41, 5.74) is 2.85. The zero-order chi connectivity index (χ0) is 22.0. The lowest BCUT2D eigenvalue weighted by Crippen LogP contribution is -2.47. The van der Waals surface area contributed by atoms with Crippen LogP contribution in [0.25, 0.3) is 0 Å². The molecule has 0 bridgehead atoms. The van der Waals surface area contributed by atoms with Crippen LogP contribution in [0, 0.1) is 0 Å². The number of aryl methyl sites for hydroxylation is 1. The number of fused-ring (bicyclic) bond motifs is 1. The molecule has 0 amide bonds. The number of guanidine groups is 1. The molecule has 0 saturated carbocycles. The van der Waals surface area contributed by atoms with Crippen LogP contribution in [0.15, 0.2) is 29.3 Å². The fraction of sp³-hybridized carbons (Fsp3) is 0.731. The van der Waals surface area contributed by atoms with Crippen molar-refractivity contribution >= 4 is 29.9 Å². The molecule has 0 aromatic heterocycles. The lowest BCUT2D eigenvalue weighted by Gasteiger charge is -2.34. The molecule has 2 atom stereocenters. The van der Waals surface area contributed by atoms with Gasteiger partial charge in [-0.05, 0) is 69.4 Å². The molecule has 2 aliphatic heterocycles. The Bertz CT molecular complexity index is 718. The first kappa shape index (κ1) is 26.7. The molecule has 2 unspecified atom stereocenters. The highest BCUT2D eigenvalue weighted by molar-refractivity contribution is 14.0. The summed E-state index contributed by atoms with van der Waals surface area (Å²) in [6.45, 7) is 8.24. The first-order valence-corrected chi connectivity index (χ1v) is 12.8. The van der Waals surface area contributed by atoms with Crippen LogP contribution in [-0.4, -0.2) is 69.1 Å². The SMILES string of the molecule is CCNC(=NCCCOC1CCCc2ccccc21)N1CCC(OCC2CCCO2)CC1.I. The first-order valence-electron chi connectivity index (χ1n) is 12.8. The number of benzene rings is 1. The minimum absolute atomic E-state index is 0. The van der Waals surface area contributed by atoms with E-state index < -0.39 is 0 Å². The Morgan fingerprint density at radius 3 is 2.76 bits per heavy atom. The van der Waals surface area contributed by atoms with Crippen LogP contribution >= 0.6 is 24.0 Å². The van der Waals surface area contributed by atoms with E-state index in [-0.39, 0.29) is 30.1 Å². The Morgan fingerprint density at radius 2 is 1.97 bits per heavy atom. The number of nitrogens with zero attached hydrogens (tertiary/aromatic N) is 2. The summed E-state index contributed by atoms with van der Waals surface area (Å²) < 4.78 is 18.1. The zero-order valence-corrected chi connectivity index (χ0v) is 22.5. The van der Waals surface area contributed by atoms with Gasteiger partial charge in [0.2, 0.25) is 0 Å². The van der Waals surface area contributed by atoms with E-state index in [0.717, 1.165) is 84.1 Å². The number of aliphatic imine (C=N–C) groups is 1. The lowest BCUT2D eigenvalue weighted by atomic mass is 9.89. The van der Waals surface area contributed by atoms with Gasteiger partial charge in [-0.15, -0.1) is 24.0 Å². The van der Waals surface area contributed by atoms with E-state index >= 15 is 0 Å². The van der Waals surface area contributed by atoms with Crippen LogP contribution in [0.1, 0.15) is 69.1 Å². The molecule has 0 radical (unpaired) electrons. The lowest BCUT2D eigenvalue weighted by molar-refractivity contribution is -0.0367. The van der Waals surface area contributed by atoms with E-state index in [1.165, 1.54) is 30.4 Å². The van der Waals surface area contributed by atoms with Gasteiger partial charge in [0.25, 0.3) is 0 Å². The van der Waals surface area contributed by atoms with Gasteiger partial charge in [-0.2, -0.15) is 0 Å². The van der Waals surface area contributed by atoms with Crippen LogP contribution in [0.4, 0.5) is 0 Å². The number of hydrogen-bond acceptors (Lipinski definition) is 4. The van der Waals surface area contributed by atoms with Crippen LogP contribution in [0.3, 0.4) is 0 Å². The van der Waals surface area contributed by atoms with Crippen molar-refractivity contribution < 1.29 is 14.2 Å². The Balaban J connectivity index is 0.00000306. The maximum absolute atomic E-state index is 6.25. The van der Waals surface area contributed by atoms with E-state index in [1.807, 2.05) is 0 Å². The van der Waals surface area contributed by atoms with Crippen molar-refractivity contribution in [3.05, 3.63) is 35.4 Å². The fourth-order valence-electron chi connectivity index (χ4n) is 5.04. The second-order valence-corrected chi connectivity index (χ2v) is 9.19. The van der Waals surface area contributed by atoms with Crippen LogP contribution in [-0.2, 0) is 20.6 Å². The zero-order valence-electron chi connectivity index (χ0n) is 20.2. The van der Waals surface area contributed by atoms with E-state index in [1.54, 1.807) is 0 Å². The molecule has 7 heteroatoms. The molecule has 2 saturated heterocycles. The number of hydrogen-bond donors (Lipinski definition) is 1. The maximum atomic E-state index is 6.25. The van der Waals surface area contributed by atoms with Crippen LogP contribution in [0.2, 0.25) is 0 Å². The second-order valence-electron chi connectivity index (χ2n) is 9.19. The van der Waals surface area contributed by atoms with Gasteiger partial charge in [0.1, 0.15) is 0 Å². The highest BCUT2D eigenvalue weighted by atomic mass is 127. The molecule has 1 aromatic carbocycles. The van der Waals surface area contributed by atoms with Gasteiger partial charge in [-0.25, -0.2) is 0 Å². The van der Waals surface area contributed by atoms with E-state index in [9.17, 15) is 0 Å². The van der Waals surface area contributed by atoms with Crippen molar-refractivity contribution in [1.82, 2.24) is 10.2 Å². The number of halogens is 1. The van der Waals surface area contributed by atoms with Gasteiger partial charge in [-0.1, -0.05) is 24.3 Å². The topological polar surface area (TPSA) is 55.3 Å². The highest BCUT2D eigenvalue weighted by Crippen LogP contribution is 2.32. The predicted molar refractivity (Wildman–Crippen MR) is 144 cm³/mol. The molecular weight excluding hydrogens is 529 g/mol. The third kappa shape index (κ3) is 8.08. The highest BCUT2D eigenvalue weighted by Gasteiger charge is 2.24. The Hall–Kier alpha value is -0.900. The molecule has 33 heavy (non-hydrogen) atoms. The van der Waals surface area contributed by atoms with Crippen molar-refractivity contribution in [3.8, 4) is 0 Å². The number of piperidine rings is 1. The molecule has 1 aliphatic carbocycles. The molecule has 1 aromatic rings. The van der Waals surface area contributed by atoms with Crippen molar-refractivity contribution in [2.75, 3.05) is 46.0 Å². The van der Waals surface area contributed by atoms with E-state index in [0.29, 0.717) is 12.2 Å². The second kappa shape index (κ2) is 14.5. The number of rotatable bonds is 9. The van der Waals surface area contributed by atoms with Crippen molar-refractivity contribution in [2.24, 2.45) is 4.99 Å². The summed E-state index contributed by atoms with van der Waals surface area (Å²) in [6.07, 6.45) is 9.85. The molecule has 2 fully saturated rings. The van der Waals surface area contributed by atoms with Gasteiger partial charge in [0.15, 0.2) is 5.96 Å². The molecule has 3 aliphatic rings. The Labute approximate surface area is 216 Å². The van der Waals surface area contributed by atoms with Gasteiger partial charge in [-0.3, -0.25) is 4.99 Å². The van der Waals surface area contributed by atoms with Crippen LogP contribution < -0.4 is 5.32 Å². The molecule has 1 N–H and O–H groups in total. The molecular formula is C26H42IN3O3. The molecule has 6 nitrogen and oxygen atoms in total. The molecule has 4 rings (SSSR count). The minimum atomic E-state index is 0. The maximum Gasteiger partial charge on any atom is 0.193 e. The fourth-order valence-corrected chi connectivity index (χ4v) is 5.04. The summed E-state index contributed by atoms with van der Waals surface area (Å²) >= 11 is 0. The number of likely N-dealkylation sites (tertiary alicyclic amines) is 1. The smallest absolute Gasteiger partial charge is 0.193 e. The van der Waals surface area contributed by atoms with Gasteiger partial charge in [0, 0.05) is 39.4 Å².